The van der Waals surface area contributed by atoms with Gasteiger partial charge in [-0.1, -0.05) is 41.9 Å². The highest BCUT2D eigenvalue weighted by molar-refractivity contribution is 6.32. The van der Waals surface area contributed by atoms with E-state index in [1.165, 1.54) is 6.20 Å². The van der Waals surface area contributed by atoms with Gasteiger partial charge in [0.1, 0.15) is 42.2 Å². The number of ether oxygens (including phenoxy) is 3. The van der Waals surface area contributed by atoms with Gasteiger partial charge in [-0.3, -0.25) is 9.80 Å². The SMILES string of the molecule is Cc1c(COc2cc(OCc3ccnc(C#N)c3)c(CN(C)C(CO)(CO)CO)cc2Cl)cccc1-c1cccc(OCCCN2CCC(F)(F)C2)c1C. The summed E-state index contributed by atoms with van der Waals surface area (Å²) in [6.45, 7) is 4.29. The van der Waals surface area contributed by atoms with Crippen molar-refractivity contribution in [2.24, 2.45) is 0 Å². The number of benzene rings is 3. The van der Waals surface area contributed by atoms with E-state index in [1.807, 2.05) is 56.3 Å². The van der Waals surface area contributed by atoms with Gasteiger partial charge in [0.05, 0.1) is 43.5 Å². The predicted molar refractivity (Wildman–Crippen MR) is 202 cm³/mol. The number of hydrogen-bond donors (Lipinski definition) is 3. The smallest absolute Gasteiger partial charge is 0.261 e. The van der Waals surface area contributed by atoms with Crippen LogP contribution < -0.4 is 14.2 Å². The Morgan fingerprint density at radius 2 is 1.61 bits per heavy atom. The molecular formula is C41H47ClF2N4O6. The second kappa shape index (κ2) is 18.3. The molecule has 0 bridgehead atoms. The first kappa shape index (κ1) is 40.8. The summed E-state index contributed by atoms with van der Waals surface area (Å²) in [5, 5.41) is 39.6. The van der Waals surface area contributed by atoms with Crippen LogP contribution in [0.4, 0.5) is 8.78 Å². The molecule has 54 heavy (non-hydrogen) atoms. The number of aliphatic hydroxyl groups is 3. The van der Waals surface area contributed by atoms with Crippen molar-refractivity contribution in [2.75, 3.05) is 53.1 Å². The summed E-state index contributed by atoms with van der Waals surface area (Å²) < 4.78 is 45.8. The number of alkyl halides is 2. The first-order chi connectivity index (χ1) is 25.9. The number of aromatic nitrogens is 1. The first-order valence-corrected chi connectivity index (χ1v) is 18.2. The Labute approximate surface area is 320 Å². The summed E-state index contributed by atoms with van der Waals surface area (Å²) in [6, 6.07) is 20.7. The molecule has 0 atom stereocenters. The molecule has 3 N–H and O–H groups in total. The lowest BCUT2D eigenvalue weighted by atomic mass is 9.93. The molecule has 2 heterocycles. The second-order valence-corrected chi connectivity index (χ2v) is 14.2. The molecule has 0 aliphatic carbocycles. The van der Waals surface area contributed by atoms with Gasteiger partial charge in [0, 0.05) is 43.9 Å². The molecule has 1 saturated heterocycles. The van der Waals surface area contributed by atoms with Gasteiger partial charge in [0.2, 0.25) is 0 Å². The topological polar surface area (TPSA) is 132 Å². The van der Waals surface area contributed by atoms with Gasteiger partial charge >= 0.3 is 0 Å². The number of pyridine rings is 1. The van der Waals surface area contributed by atoms with Crippen LogP contribution in [0.25, 0.3) is 11.1 Å². The van der Waals surface area contributed by atoms with E-state index in [0.29, 0.717) is 48.2 Å². The van der Waals surface area contributed by atoms with E-state index in [1.54, 1.807) is 41.1 Å². The van der Waals surface area contributed by atoms with Crippen LogP contribution in [-0.4, -0.2) is 94.7 Å². The lowest BCUT2D eigenvalue weighted by Crippen LogP contribution is -2.55. The molecule has 0 unspecified atom stereocenters. The van der Waals surface area contributed by atoms with Gasteiger partial charge in [-0.2, -0.15) is 5.26 Å². The van der Waals surface area contributed by atoms with Crippen LogP contribution in [0, 0.1) is 25.2 Å². The maximum atomic E-state index is 13.6. The summed E-state index contributed by atoms with van der Waals surface area (Å²) >= 11 is 6.79. The lowest BCUT2D eigenvalue weighted by Gasteiger charge is -2.37. The summed E-state index contributed by atoms with van der Waals surface area (Å²) in [5.74, 6) is -1.05. The minimum atomic E-state index is -2.60. The number of nitriles is 1. The Balaban J connectivity index is 1.33. The van der Waals surface area contributed by atoms with Crippen LogP contribution in [0.2, 0.25) is 5.02 Å². The molecule has 3 aromatic carbocycles. The van der Waals surface area contributed by atoms with Crippen LogP contribution in [0.1, 0.15) is 46.4 Å². The Hall–Kier alpha value is -4.35. The Kier molecular flexibility index (Phi) is 13.9. The van der Waals surface area contributed by atoms with Crippen LogP contribution in [0.15, 0.2) is 66.9 Å². The van der Waals surface area contributed by atoms with Gasteiger partial charge in [-0.25, -0.2) is 13.8 Å². The van der Waals surface area contributed by atoms with Crippen LogP contribution in [-0.2, 0) is 19.8 Å². The van der Waals surface area contributed by atoms with E-state index < -0.39 is 31.3 Å². The summed E-state index contributed by atoms with van der Waals surface area (Å²) in [5.41, 5.74) is 5.26. The molecule has 10 nitrogen and oxygen atoms in total. The number of aliphatic hydroxyl groups excluding tert-OH is 3. The normalized spacial score (nSPS) is 14.3. The molecule has 0 radical (unpaired) electrons. The summed E-state index contributed by atoms with van der Waals surface area (Å²) in [4.78, 5) is 7.44. The Bertz CT molecular complexity index is 1930. The van der Waals surface area contributed by atoms with Crippen molar-refractivity contribution < 1.29 is 38.3 Å². The number of hydrogen-bond acceptors (Lipinski definition) is 10. The average molecular weight is 765 g/mol. The summed E-state index contributed by atoms with van der Waals surface area (Å²) in [7, 11) is 1.67. The van der Waals surface area contributed by atoms with E-state index in [2.05, 4.69) is 4.98 Å². The average Bonchev–Trinajstić information content (AvgIpc) is 3.52. The van der Waals surface area contributed by atoms with Crippen molar-refractivity contribution in [3.63, 3.8) is 0 Å². The quantitative estimate of drug-likeness (QED) is 0.0992. The minimum absolute atomic E-state index is 0.0887. The molecule has 5 rings (SSSR count). The molecule has 1 fully saturated rings. The molecule has 288 valence electrons. The molecule has 0 saturated carbocycles. The fraction of sp³-hybridized carbons (Fsp3) is 0.415. The second-order valence-electron chi connectivity index (χ2n) is 13.8. The molecular weight excluding hydrogens is 718 g/mol. The zero-order valence-electron chi connectivity index (χ0n) is 30.8. The minimum Gasteiger partial charge on any atom is -0.493 e. The van der Waals surface area contributed by atoms with Crippen molar-refractivity contribution in [2.45, 2.75) is 57.9 Å². The molecule has 1 aliphatic rings. The molecule has 0 spiro atoms. The van der Waals surface area contributed by atoms with E-state index in [4.69, 9.17) is 25.8 Å². The molecule has 0 amide bonds. The highest BCUT2D eigenvalue weighted by Crippen LogP contribution is 2.37. The molecule has 13 heteroatoms. The zero-order chi connectivity index (χ0) is 38.9. The number of likely N-dealkylation sites (N-methyl/N-ethyl adjacent to an activating group) is 1. The van der Waals surface area contributed by atoms with E-state index in [0.717, 1.165) is 39.1 Å². The van der Waals surface area contributed by atoms with Crippen molar-refractivity contribution in [3.05, 3.63) is 105 Å². The lowest BCUT2D eigenvalue weighted by molar-refractivity contribution is -0.0390. The van der Waals surface area contributed by atoms with Gasteiger partial charge in [-0.05, 0) is 85.0 Å². The number of halogens is 3. The summed E-state index contributed by atoms with van der Waals surface area (Å²) in [6.07, 6.45) is 2.10. The van der Waals surface area contributed by atoms with E-state index >= 15 is 0 Å². The first-order valence-electron chi connectivity index (χ1n) is 17.8. The number of likely N-dealkylation sites (tertiary alicyclic amines) is 1. The standard InChI is InChI=1S/C41H47ClF2N4O6/c1-28-31(7-4-8-34(28)35-9-5-10-37(29(35)2)52-16-6-14-48-15-12-41(43,44)24-48)23-54-39-19-38(53-22-30-11-13-46-33(17-30)20-45)32(18-36(39)42)21-47(3)40(25-49,26-50)27-51/h4-5,7-11,13,17-19,49-51H,6,12,14-16,21-27H2,1-3H3. The van der Waals surface area contributed by atoms with Crippen molar-refractivity contribution >= 4 is 11.6 Å². The van der Waals surface area contributed by atoms with Crippen molar-refractivity contribution in [1.82, 2.24) is 14.8 Å². The molecule has 1 aromatic heterocycles. The molecule has 1 aliphatic heterocycles. The van der Waals surface area contributed by atoms with Crippen molar-refractivity contribution in [3.8, 4) is 34.4 Å². The third kappa shape index (κ3) is 9.84. The number of rotatable bonds is 18. The highest BCUT2D eigenvalue weighted by Gasteiger charge is 2.37. The van der Waals surface area contributed by atoms with Crippen molar-refractivity contribution in [1.29, 1.82) is 5.26 Å². The molecule has 4 aromatic rings. The Morgan fingerprint density at radius 1 is 0.907 bits per heavy atom. The maximum absolute atomic E-state index is 13.6. The largest absolute Gasteiger partial charge is 0.493 e. The fourth-order valence-electron chi connectivity index (χ4n) is 6.48. The van der Waals surface area contributed by atoms with Crippen LogP contribution in [0.3, 0.4) is 0 Å². The maximum Gasteiger partial charge on any atom is 0.261 e. The zero-order valence-corrected chi connectivity index (χ0v) is 31.6. The van der Waals surface area contributed by atoms with Gasteiger partial charge < -0.3 is 29.5 Å². The van der Waals surface area contributed by atoms with Gasteiger partial charge in [0.15, 0.2) is 0 Å². The van der Waals surface area contributed by atoms with Crippen LogP contribution >= 0.6 is 11.6 Å². The monoisotopic (exact) mass is 764 g/mol. The predicted octanol–water partition coefficient (Wildman–Crippen LogP) is 6.31. The number of nitrogens with zero attached hydrogens (tertiary/aromatic N) is 4. The third-order valence-corrected chi connectivity index (χ3v) is 10.4. The van der Waals surface area contributed by atoms with E-state index in [-0.39, 0.29) is 38.4 Å². The fourth-order valence-corrected chi connectivity index (χ4v) is 6.72. The Morgan fingerprint density at radius 3 is 2.30 bits per heavy atom. The van der Waals surface area contributed by atoms with E-state index in [9.17, 15) is 29.4 Å². The van der Waals surface area contributed by atoms with Crippen LogP contribution in [0.5, 0.6) is 17.2 Å². The highest BCUT2D eigenvalue weighted by atomic mass is 35.5. The third-order valence-electron chi connectivity index (χ3n) is 10.1. The van der Waals surface area contributed by atoms with Gasteiger partial charge in [0.25, 0.3) is 5.92 Å². The van der Waals surface area contributed by atoms with Gasteiger partial charge in [-0.15, -0.1) is 0 Å².